The summed E-state index contributed by atoms with van der Waals surface area (Å²) >= 11 is 1.25. The number of esters is 1. The SMILES string of the molecule is CCCCOC(=O)c1ccc(NC(=O)CN2C(=O)CS/C2=C\C(=O)C(C)(C)C)cc1. The van der Waals surface area contributed by atoms with Gasteiger partial charge in [0.05, 0.1) is 23.0 Å². The molecule has 1 aliphatic heterocycles. The fraction of sp³-hybridized carbons (Fsp3) is 0.455. The minimum atomic E-state index is -0.563. The van der Waals surface area contributed by atoms with Gasteiger partial charge < -0.3 is 10.1 Å². The van der Waals surface area contributed by atoms with Gasteiger partial charge in [-0.15, -0.1) is 0 Å². The summed E-state index contributed by atoms with van der Waals surface area (Å²) in [5, 5.41) is 3.19. The number of rotatable bonds is 8. The van der Waals surface area contributed by atoms with Crippen LogP contribution in [0.5, 0.6) is 0 Å². The average Bonchev–Trinajstić information content (AvgIpc) is 3.01. The summed E-state index contributed by atoms with van der Waals surface area (Å²) in [4.78, 5) is 50.1. The van der Waals surface area contributed by atoms with E-state index in [4.69, 9.17) is 4.74 Å². The van der Waals surface area contributed by atoms with Crippen molar-refractivity contribution in [2.24, 2.45) is 5.41 Å². The van der Waals surface area contributed by atoms with Crippen LogP contribution in [0.25, 0.3) is 0 Å². The van der Waals surface area contributed by atoms with Crippen LogP contribution in [-0.2, 0) is 19.1 Å². The predicted octanol–water partition coefficient (Wildman–Crippen LogP) is 3.61. The second-order valence-electron chi connectivity index (χ2n) is 7.98. The van der Waals surface area contributed by atoms with E-state index >= 15 is 0 Å². The zero-order chi connectivity index (χ0) is 22.3. The Bertz CT molecular complexity index is 840. The zero-order valence-corrected chi connectivity index (χ0v) is 18.6. The predicted molar refractivity (Wildman–Crippen MR) is 117 cm³/mol. The Morgan fingerprint density at radius 2 is 1.87 bits per heavy atom. The Morgan fingerprint density at radius 1 is 1.20 bits per heavy atom. The molecule has 2 amide bonds. The van der Waals surface area contributed by atoms with Crippen LogP contribution in [0, 0.1) is 5.41 Å². The van der Waals surface area contributed by atoms with Gasteiger partial charge in [0.1, 0.15) is 6.54 Å². The van der Waals surface area contributed by atoms with Gasteiger partial charge in [0, 0.05) is 17.2 Å². The molecule has 7 nitrogen and oxygen atoms in total. The van der Waals surface area contributed by atoms with Crippen molar-refractivity contribution in [3.63, 3.8) is 0 Å². The molecule has 0 bridgehead atoms. The maximum absolute atomic E-state index is 12.4. The number of amides is 2. The van der Waals surface area contributed by atoms with Crippen LogP contribution in [0.1, 0.15) is 50.9 Å². The molecule has 1 fully saturated rings. The first-order chi connectivity index (χ1) is 14.1. The van der Waals surface area contributed by atoms with Gasteiger partial charge in [-0.25, -0.2) is 4.79 Å². The van der Waals surface area contributed by atoms with Crippen LogP contribution in [-0.4, -0.2) is 47.4 Å². The number of unbranched alkanes of at least 4 members (excludes halogenated alkanes) is 1. The van der Waals surface area contributed by atoms with Gasteiger partial charge in [-0.1, -0.05) is 45.9 Å². The highest BCUT2D eigenvalue weighted by Crippen LogP contribution is 2.30. The summed E-state index contributed by atoms with van der Waals surface area (Å²) < 4.78 is 5.15. The molecular formula is C22H28N2O5S. The molecule has 30 heavy (non-hydrogen) atoms. The van der Waals surface area contributed by atoms with E-state index in [1.165, 1.54) is 22.7 Å². The van der Waals surface area contributed by atoms with Crippen molar-refractivity contribution in [1.82, 2.24) is 4.90 Å². The molecule has 162 valence electrons. The Hall–Kier alpha value is -2.61. The van der Waals surface area contributed by atoms with Crippen molar-refractivity contribution in [1.29, 1.82) is 0 Å². The number of ether oxygens (including phenoxy) is 1. The third-order valence-corrected chi connectivity index (χ3v) is 5.37. The van der Waals surface area contributed by atoms with Crippen molar-refractivity contribution in [2.75, 3.05) is 24.2 Å². The molecule has 1 aliphatic rings. The Balaban J connectivity index is 1.97. The average molecular weight is 433 g/mol. The van der Waals surface area contributed by atoms with Crippen molar-refractivity contribution in [3.05, 3.63) is 40.9 Å². The van der Waals surface area contributed by atoms with Gasteiger partial charge >= 0.3 is 5.97 Å². The van der Waals surface area contributed by atoms with Gasteiger partial charge in [-0.3, -0.25) is 19.3 Å². The highest BCUT2D eigenvalue weighted by atomic mass is 32.2. The van der Waals surface area contributed by atoms with Crippen molar-refractivity contribution in [3.8, 4) is 0 Å². The second-order valence-corrected chi connectivity index (χ2v) is 8.98. The summed E-state index contributed by atoms with van der Waals surface area (Å²) in [7, 11) is 0. The summed E-state index contributed by atoms with van der Waals surface area (Å²) in [5.74, 6) is -0.914. The molecule has 1 saturated heterocycles. The van der Waals surface area contributed by atoms with Crippen LogP contribution in [0.3, 0.4) is 0 Å². The van der Waals surface area contributed by atoms with E-state index in [1.807, 2.05) is 6.92 Å². The largest absolute Gasteiger partial charge is 0.462 e. The molecule has 0 unspecified atom stereocenters. The molecular weight excluding hydrogens is 404 g/mol. The lowest BCUT2D eigenvalue weighted by atomic mass is 9.91. The van der Waals surface area contributed by atoms with Crippen LogP contribution < -0.4 is 5.32 Å². The number of carbonyl (C=O) groups excluding carboxylic acids is 4. The van der Waals surface area contributed by atoms with E-state index in [9.17, 15) is 19.2 Å². The van der Waals surface area contributed by atoms with Crippen molar-refractivity contribution < 1.29 is 23.9 Å². The molecule has 0 aromatic heterocycles. The molecule has 0 spiro atoms. The maximum atomic E-state index is 12.4. The van der Waals surface area contributed by atoms with Gasteiger partial charge in [0.2, 0.25) is 11.8 Å². The van der Waals surface area contributed by atoms with E-state index in [0.717, 1.165) is 12.8 Å². The molecule has 0 atom stereocenters. The number of nitrogens with zero attached hydrogens (tertiary/aromatic N) is 1. The Kier molecular flexibility index (Phi) is 8.23. The summed E-state index contributed by atoms with van der Waals surface area (Å²) in [6.45, 7) is 7.61. The van der Waals surface area contributed by atoms with E-state index in [0.29, 0.717) is 22.9 Å². The standard InChI is InChI=1S/C22H28N2O5S/c1-5-6-11-29-21(28)15-7-9-16(10-8-15)23-18(26)13-24-19(27)14-30-20(24)12-17(25)22(2,3)4/h7-10,12H,5-6,11,13-14H2,1-4H3,(H,23,26)/b20-12-. The first kappa shape index (κ1) is 23.7. The highest BCUT2D eigenvalue weighted by molar-refractivity contribution is 8.04. The number of nitrogens with one attached hydrogen (secondary N) is 1. The van der Waals surface area contributed by atoms with E-state index in [2.05, 4.69) is 5.32 Å². The fourth-order valence-electron chi connectivity index (χ4n) is 2.46. The molecule has 2 rings (SSSR count). The maximum Gasteiger partial charge on any atom is 0.338 e. The number of benzene rings is 1. The van der Waals surface area contributed by atoms with Crippen molar-refractivity contribution >= 4 is 41.0 Å². The Labute approximate surface area is 181 Å². The number of thioether (sulfide) groups is 1. The van der Waals surface area contributed by atoms with Crippen LogP contribution >= 0.6 is 11.8 Å². The fourth-order valence-corrected chi connectivity index (χ4v) is 3.39. The second kappa shape index (κ2) is 10.4. The number of ketones is 1. The summed E-state index contributed by atoms with van der Waals surface area (Å²) in [6.07, 6.45) is 3.19. The van der Waals surface area contributed by atoms with E-state index in [1.54, 1.807) is 45.0 Å². The smallest absolute Gasteiger partial charge is 0.338 e. The quantitative estimate of drug-likeness (QED) is 0.383. The highest BCUT2D eigenvalue weighted by Gasteiger charge is 2.30. The number of hydrogen-bond acceptors (Lipinski definition) is 6. The molecule has 0 saturated carbocycles. The van der Waals surface area contributed by atoms with Crippen LogP contribution in [0.15, 0.2) is 35.4 Å². The lowest BCUT2D eigenvalue weighted by Crippen LogP contribution is -2.34. The molecule has 1 aromatic rings. The minimum Gasteiger partial charge on any atom is -0.462 e. The number of hydrogen-bond donors (Lipinski definition) is 1. The molecule has 1 heterocycles. The van der Waals surface area contributed by atoms with Gasteiger partial charge in [-0.2, -0.15) is 0 Å². The summed E-state index contributed by atoms with van der Waals surface area (Å²) in [6, 6.07) is 6.37. The molecule has 1 N–H and O–H groups in total. The molecule has 1 aromatic carbocycles. The van der Waals surface area contributed by atoms with E-state index < -0.39 is 17.3 Å². The lowest BCUT2D eigenvalue weighted by Gasteiger charge is -2.19. The number of anilines is 1. The van der Waals surface area contributed by atoms with Gasteiger partial charge in [0.15, 0.2) is 5.78 Å². The number of allylic oxidation sites excluding steroid dienone is 1. The first-order valence-corrected chi connectivity index (χ1v) is 10.9. The van der Waals surface area contributed by atoms with Crippen LogP contribution in [0.2, 0.25) is 0 Å². The first-order valence-electron chi connectivity index (χ1n) is 9.88. The minimum absolute atomic E-state index is 0.105. The van der Waals surface area contributed by atoms with Crippen molar-refractivity contribution in [2.45, 2.75) is 40.5 Å². The van der Waals surface area contributed by atoms with Gasteiger partial charge in [0.25, 0.3) is 0 Å². The topological polar surface area (TPSA) is 92.8 Å². The third kappa shape index (κ3) is 6.73. The molecule has 8 heteroatoms. The Morgan fingerprint density at radius 3 is 2.47 bits per heavy atom. The molecule has 0 radical (unpaired) electrons. The zero-order valence-electron chi connectivity index (χ0n) is 17.8. The molecule has 0 aliphatic carbocycles. The van der Waals surface area contributed by atoms with Crippen LogP contribution in [0.4, 0.5) is 5.69 Å². The normalized spacial score (nSPS) is 15.4. The number of carbonyl (C=O) groups is 4. The van der Waals surface area contributed by atoms with Gasteiger partial charge in [-0.05, 0) is 30.7 Å². The van der Waals surface area contributed by atoms with E-state index in [-0.39, 0.29) is 24.0 Å². The monoisotopic (exact) mass is 432 g/mol. The third-order valence-electron chi connectivity index (χ3n) is 4.34. The summed E-state index contributed by atoms with van der Waals surface area (Å²) in [5.41, 5.74) is 0.342. The lowest BCUT2D eigenvalue weighted by molar-refractivity contribution is -0.129.